The van der Waals surface area contributed by atoms with Gasteiger partial charge in [0.1, 0.15) is 0 Å². The van der Waals surface area contributed by atoms with E-state index in [9.17, 15) is 4.79 Å². The molecule has 0 aliphatic rings. The van der Waals surface area contributed by atoms with E-state index < -0.39 is 5.97 Å². The SMILES string of the molecule is Cc1cc(/C=C/c2ncc(C(=O)O)c(C(C)C)n2)n(C)n1. The molecule has 0 fully saturated rings. The third kappa shape index (κ3) is 3.34. The van der Waals surface area contributed by atoms with Gasteiger partial charge in [0.05, 0.1) is 22.6 Å². The molecule has 0 radical (unpaired) electrons. The Morgan fingerprint density at radius 1 is 1.38 bits per heavy atom. The number of aromatic carboxylic acids is 1. The Morgan fingerprint density at radius 2 is 2.10 bits per heavy atom. The molecule has 0 spiro atoms. The molecule has 2 aromatic heterocycles. The van der Waals surface area contributed by atoms with Crippen LogP contribution in [0.3, 0.4) is 0 Å². The van der Waals surface area contributed by atoms with Crippen LogP contribution < -0.4 is 0 Å². The minimum absolute atomic E-state index is 0.0187. The van der Waals surface area contributed by atoms with Crippen molar-refractivity contribution in [2.45, 2.75) is 26.7 Å². The third-order valence-electron chi connectivity index (χ3n) is 3.06. The fraction of sp³-hybridized carbons (Fsp3) is 0.333. The summed E-state index contributed by atoms with van der Waals surface area (Å²) in [5, 5.41) is 13.4. The van der Waals surface area contributed by atoms with E-state index in [1.807, 2.05) is 40.0 Å². The highest BCUT2D eigenvalue weighted by Crippen LogP contribution is 2.17. The zero-order valence-corrected chi connectivity index (χ0v) is 12.5. The lowest BCUT2D eigenvalue weighted by molar-refractivity contribution is 0.0694. The van der Waals surface area contributed by atoms with E-state index in [4.69, 9.17) is 5.11 Å². The highest BCUT2D eigenvalue weighted by molar-refractivity contribution is 5.88. The molecule has 2 heterocycles. The minimum atomic E-state index is -1.00. The quantitative estimate of drug-likeness (QED) is 0.934. The Kier molecular flexibility index (Phi) is 4.16. The Balaban J connectivity index is 2.35. The molecule has 21 heavy (non-hydrogen) atoms. The normalized spacial score (nSPS) is 11.5. The highest BCUT2D eigenvalue weighted by Gasteiger charge is 2.15. The molecular formula is C15H18N4O2. The van der Waals surface area contributed by atoms with Gasteiger partial charge in [-0.3, -0.25) is 4.68 Å². The van der Waals surface area contributed by atoms with E-state index in [1.165, 1.54) is 6.20 Å². The van der Waals surface area contributed by atoms with Gasteiger partial charge in [0.25, 0.3) is 0 Å². The van der Waals surface area contributed by atoms with Crippen molar-refractivity contribution >= 4 is 18.1 Å². The Bertz CT molecular complexity index is 702. The van der Waals surface area contributed by atoms with Crippen LogP contribution in [0.15, 0.2) is 12.3 Å². The van der Waals surface area contributed by atoms with E-state index >= 15 is 0 Å². The molecule has 0 unspecified atom stereocenters. The molecule has 6 heteroatoms. The average Bonchev–Trinajstić information content (AvgIpc) is 2.74. The first kappa shape index (κ1) is 14.9. The van der Waals surface area contributed by atoms with Gasteiger partial charge in [-0.2, -0.15) is 5.10 Å². The number of carboxylic acids is 1. The van der Waals surface area contributed by atoms with Crippen molar-refractivity contribution < 1.29 is 9.90 Å². The van der Waals surface area contributed by atoms with Crippen LogP contribution in [0.25, 0.3) is 12.2 Å². The highest BCUT2D eigenvalue weighted by atomic mass is 16.4. The Labute approximate surface area is 123 Å². The Morgan fingerprint density at radius 3 is 2.62 bits per heavy atom. The van der Waals surface area contributed by atoms with Gasteiger partial charge in [-0.1, -0.05) is 13.8 Å². The summed E-state index contributed by atoms with van der Waals surface area (Å²) in [6.07, 6.45) is 4.98. The fourth-order valence-electron chi connectivity index (χ4n) is 2.04. The number of nitrogens with zero attached hydrogens (tertiary/aromatic N) is 4. The molecule has 1 N–H and O–H groups in total. The number of rotatable bonds is 4. The molecule has 0 saturated carbocycles. The number of aromatic nitrogens is 4. The van der Waals surface area contributed by atoms with Crippen LogP contribution in [0.2, 0.25) is 0 Å². The minimum Gasteiger partial charge on any atom is -0.478 e. The maximum atomic E-state index is 11.2. The average molecular weight is 286 g/mol. The van der Waals surface area contributed by atoms with Crippen LogP contribution in [0.5, 0.6) is 0 Å². The van der Waals surface area contributed by atoms with Crippen molar-refractivity contribution in [3.8, 4) is 0 Å². The van der Waals surface area contributed by atoms with E-state index in [0.29, 0.717) is 11.5 Å². The maximum absolute atomic E-state index is 11.2. The van der Waals surface area contributed by atoms with E-state index in [0.717, 1.165) is 11.4 Å². The van der Waals surface area contributed by atoms with Crippen LogP contribution in [0.4, 0.5) is 0 Å². The van der Waals surface area contributed by atoms with Gasteiger partial charge in [-0.15, -0.1) is 0 Å². The summed E-state index contributed by atoms with van der Waals surface area (Å²) in [6.45, 7) is 5.74. The predicted molar refractivity (Wildman–Crippen MR) is 80.0 cm³/mol. The van der Waals surface area contributed by atoms with Crippen molar-refractivity contribution in [1.82, 2.24) is 19.7 Å². The first-order valence-electron chi connectivity index (χ1n) is 6.67. The molecule has 0 aliphatic heterocycles. The van der Waals surface area contributed by atoms with Gasteiger partial charge in [0, 0.05) is 13.2 Å². The third-order valence-corrected chi connectivity index (χ3v) is 3.06. The predicted octanol–water partition coefficient (Wildman–Crippen LogP) is 2.51. The van der Waals surface area contributed by atoms with Crippen molar-refractivity contribution in [2.75, 3.05) is 0 Å². The van der Waals surface area contributed by atoms with Crippen molar-refractivity contribution in [2.24, 2.45) is 7.05 Å². The largest absolute Gasteiger partial charge is 0.478 e. The van der Waals surface area contributed by atoms with Gasteiger partial charge in [0.2, 0.25) is 0 Å². The van der Waals surface area contributed by atoms with Gasteiger partial charge in [-0.05, 0) is 31.1 Å². The van der Waals surface area contributed by atoms with Crippen molar-refractivity contribution in [3.63, 3.8) is 0 Å². The van der Waals surface area contributed by atoms with Gasteiger partial charge < -0.3 is 5.11 Å². The topological polar surface area (TPSA) is 80.9 Å². The summed E-state index contributed by atoms with van der Waals surface area (Å²) < 4.78 is 1.76. The molecule has 2 rings (SSSR count). The first-order chi connectivity index (χ1) is 9.88. The van der Waals surface area contributed by atoms with Crippen LogP contribution in [-0.4, -0.2) is 30.8 Å². The summed E-state index contributed by atoms with van der Waals surface area (Å²) in [6, 6.07) is 1.95. The number of hydrogen-bond donors (Lipinski definition) is 1. The zero-order valence-electron chi connectivity index (χ0n) is 12.5. The summed E-state index contributed by atoms with van der Waals surface area (Å²) in [7, 11) is 1.86. The van der Waals surface area contributed by atoms with Crippen LogP contribution >= 0.6 is 0 Å². The van der Waals surface area contributed by atoms with Crippen molar-refractivity contribution in [3.05, 3.63) is 40.7 Å². The molecular weight excluding hydrogens is 268 g/mol. The second-order valence-corrected chi connectivity index (χ2v) is 5.15. The molecule has 2 aromatic rings. The zero-order chi connectivity index (χ0) is 15.6. The van der Waals surface area contributed by atoms with Crippen LogP contribution in [0, 0.1) is 6.92 Å². The smallest absolute Gasteiger partial charge is 0.339 e. The molecule has 0 amide bonds. The molecule has 0 atom stereocenters. The van der Waals surface area contributed by atoms with Crippen LogP contribution in [-0.2, 0) is 7.05 Å². The molecule has 0 bridgehead atoms. The van der Waals surface area contributed by atoms with Gasteiger partial charge in [0.15, 0.2) is 5.82 Å². The van der Waals surface area contributed by atoms with E-state index in [2.05, 4.69) is 15.1 Å². The molecule has 0 aromatic carbocycles. The maximum Gasteiger partial charge on any atom is 0.339 e. The summed E-state index contributed by atoms with van der Waals surface area (Å²) in [4.78, 5) is 19.6. The summed E-state index contributed by atoms with van der Waals surface area (Å²) >= 11 is 0. The molecule has 0 aliphatic carbocycles. The summed E-state index contributed by atoms with van der Waals surface area (Å²) in [5.41, 5.74) is 2.56. The lowest BCUT2D eigenvalue weighted by Crippen LogP contribution is -2.08. The standard InChI is InChI=1S/C15H18N4O2/c1-9(2)14-12(15(20)21)8-16-13(17-14)6-5-11-7-10(3)18-19(11)4/h5-9H,1-4H3,(H,20,21)/b6-5+. The van der Waals surface area contributed by atoms with E-state index in [1.54, 1.807) is 10.8 Å². The Hall–Kier alpha value is -2.50. The summed E-state index contributed by atoms with van der Waals surface area (Å²) in [5.74, 6) is -0.496. The lowest BCUT2D eigenvalue weighted by Gasteiger charge is -2.08. The lowest BCUT2D eigenvalue weighted by atomic mass is 10.1. The number of carboxylic acid groups (broad SMARTS) is 1. The first-order valence-corrected chi connectivity index (χ1v) is 6.67. The second-order valence-electron chi connectivity index (χ2n) is 5.15. The number of aryl methyl sites for hydroxylation is 2. The monoisotopic (exact) mass is 286 g/mol. The van der Waals surface area contributed by atoms with Gasteiger partial charge >= 0.3 is 5.97 Å². The second kappa shape index (κ2) is 5.87. The molecule has 0 saturated heterocycles. The van der Waals surface area contributed by atoms with Gasteiger partial charge in [-0.25, -0.2) is 14.8 Å². The number of hydrogen-bond acceptors (Lipinski definition) is 4. The molecule has 110 valence electrons. The fourth-order valence-corrected chi connectivity index (χ4v) is 2.04. The van der Waals surface area contributed by atoms with Crippen molar-refractivity contribution in [1.29, 1.82) is 0 Å². The van der Waals surface area contributed by atoms with E-state index in [-0.39, 0.29) is 11.5 Å². The molecule has 6 nitrogen and oxygen atoms in total. The number of carbonyl (C=O) groups is 1. The van der Waals surface area contributed by atoms with Crippen LogP contribution in [0.1, 0.15) is 53.0 Å².